The first-order chi connectivity index (χ1) is 4.42. The van der Waals surface area contributed by atoms with E-state index in [0.29, 0.717) is 0 Å². The molecule has 0 aromatic heterocycles. The fourth-order valence-electron chi connectivity index (χ4n) is 0.265. The van der Waals surface area contributed by atoms with Crippen molar-refractivity contribution in [2.75, 3.05) is 0 Å². The molecule has 0 saturated heterocycles. The van der Waals surface area contributed by atoms with Gasteiger partial charge in [0.2, 0.25) is 10.1 Å². The summed E-state index contributed by atoms with van der Waals surface area (Å²) in [6.07, 6.45) is -0.784. The Bertz CT molecular complexity index is 155. The number of hydrogen-bond acceptors (Lipinski definition) is 3. The Morgan fingerprint density at radius 2 is 2.00 bits per heavy atom. The monoisotopic (exact) mass is 164 g/mol. The van der Waals surface area contributed by atoms with Gasteiger partial charge in [-0.15, -0.1) is 0 Å². The molecule has 0 aliphatic heterocycles. The van der Waals surface area contributed by atoms with Gasteiger partial charge in [0.25, 0.3) is 0 Å². The molecular formula is C5H11NO3P+. The van der Waals surface area contributed by atoms with Crippen LogP contribution >= 0.6 is 7.95 Å². The second-order valence-electron chi connectivity index (χ2n) is 2.68. The lowest BCUT2D eigenvalue weighted by atomic mass is 10.1. The van der Waals surface area contributed by atoms with Crippen LogP contribution in [0.4, 0.5) is 0 Å². The SMILES string of the molecule is CC(O)C(C)(C)[P+](=O)N=O. The molecular weight excluding hydrogens is 153 g/mol. The van der Waals surface area contributed by atoms with Gasteiger partial charge in [-0.2, -0.15) is 0 Å². The molecule has 58 valence electrons. The summed E-state index contributed by atoms with van der Waals surface area (Å²) in [5, 5.41) is 8.09. The predicted octanol–water partition coefficient (Wildman–Crippen LogP) is 1.65. The third-order valence-corrected chi connectivity index (χ3v) is 3.10. The summed E-state index contributed by atoms with van der Waals surface area (Å²) in [6, 6.07) is 0. The van der Waals surface area contributed by atoms with Crippen LogP contribution in [0, 0.1) is 4.91 Å². The van der Waals surface area contributed by atoms with Crippen molar-refractivity contribution in [1.82, 2.24) is 0 Å². The number of aliphatic hydroxyl groups is 1. The summed E-state index contributed by atoms with van der Waals surface area (Å²) < 4.78 is 10.8. The van der Waals surface area contributed by atoms with E-state index >= 15 is 0 Å². The molecule has 2 atom stereocenters. The Morgan fingerprint density at radius 1 is 1.60 bits per heavy atom. The first kappa shape index (κ1) is 9.66. The van der Waals surface area contributed by atoms with Crippen molar-refractivity contribution in [3.05, 3.63) is 4.91 Å². The summed E-state index contributed by atoms with van der Waals surface area (Å²) in [6.45, 7) is 4.56. The second kappa shape index (κ2) is 3.17. The molecule has 2 unspecified atom stereocenters. The zero-order valence-electron chi connectivity index (χ0n) is 6.24. The molecule has 0 saturated carbocycles. The van der Waals surface area contributed by atoms with Gasteiger partial charge in [0.15, 0.2) is 0 Å². The highest BCUT2D eigenvalue weighted by Gasteiger charge is 2.46. The lowest BCUT2D eigenvalue weighted by Crippen LogP contribution is -2.29. The Labute approximate surface area is 60.4 Å². The van der Waals surface area contributed by atoms with Crippen LogP contribution in [0.1, 0.15) is 20.8 Å². The van der Waals surface area contributed by atoms with E-state index < -0.39 is 19.2 Å². The molecule has 0 amide bonds. The van der Waals surface area contributed by atoms with E-state index in [1.807, 2.05) is 0 Å². The molecule has 0 aromatic carbocycles. The molecule has 0 radical (unpaired) electrons. The van der Waals surface area contributed by atoms with Crippen LogP contribution in [0.15, 0.2) is 4.95 Å². The average molecular weight is 164 g/mol. The van der Waals surface area contributed by atoms with E-state index in [1.165, 1.54) is 20.8 Å². The lowest BCUT2D eigenvalue weighted by Gasteiger charge is -2.11. The minimum absolute atomic E-state index is 0.784. The van der Waals surface area contributed by atoms with Gasteiger partial charge in [0.05, 0.1) is 0 Å². The maximum absolute atomic E-state index is 10.8. The highest BCUT2D eigenvalue weighted by molar-refractivity contribution is 7.44. The number of nitroso groups, excluding NO2 is 1. The van der Waals surface area contributed by atoms with Crippen LogP contribution < -0.4 is 0 Å². The molecule has 0 bridgehead atoms. The number of hydrogen-bond donors (Lipinski definition) is 1. The van der Waals surface area contributed by atoms with E-state index in [0.717, 1.165) is 0 Å². The van der Waals surface area contributed by atoms with Crippen molar-refractivity contribution in [2.24, 2.45) is 4.95 Å². The highest BCUT2D eigenvalue weighted by Crippen LogP contribution is 2.41. The summed E-state index contributed by atoms with van der Waals surface area (Å²) in [4.78, 5) is 12.2. The van der Waals surface area contributed by atoms with E-state index in [4.69, 9.17) is 5.11 Å². The van der Waals surface area contributed by atoms with Gasteiger partial charge >= 0.3 is 7.95 Å². The van der Waals surface area contributed by atoms with E-state index in [2.05, 4.69) is 4.95 Å². The molecule has 0 aliphatic rings. The predicted molar refractivity (Wildman–Crippen MR) is 39.2 cm³/mol. The third-order valence-electron chi connectivity index (χ3n) is 1.59. The van der Waals surface area contributed by atoms with Crippen molar-refractivity contribution in [1.29, 1.82) is 0 Å². The van der Waals surface area contributed by atoms with Gasteiger partial charge in [0.1, 0.15) is 6.10 Å². The van der Waals surface area contributed by atoms with Crippen molar-refractivity contribution in [3.8, 4) is 0 Å². The second-order valence-corrected chi connectivity index (χ2v) is 4.55. The van der Waals surface area contributed by atoms with Crippen LogP contribution in [0.2, 0.25) is 0 Å². The summed E-state index contributed by atoms with van der Waals surface area (Å²) >= 11 is 0. The molecule has 0 rings (SSSR count). The number of aliphatic hydroxyl groups excluding tert-OH is 1. The van der Waals surface area contributed by atoms with E-state index in [9.17, 15) is 9.47 Å². The fourth-order valence-corrected chi connectivity index (χ4v) is 0.795. The molecule has 0 fully saturated rings. The molecule has 0 heterocycles. The van der Waals surface area contributed by atoms with Crippen LogP contribution in [0.5, 0.6) is 0 Å². The Kier molecular flexibility index (Phi) is 3.06. The Balaban J connectivity index is 4.39. The summed E-state index contributed by atoms with van der Waals surface area (Å²) in [5.74, 6) is 0. The van der Waals surface area contributed by atoms with Crippen molar-refractivity contribution >= 4 is 7.95 Å². The van der Waals surface area contributed by atoms with Crippen LogP contribution in [0.25, 0.3) is 0 Å². The first-order valence-corrected chi connectivity index (χ1v) is 4.13. The van der Waals surface area contributed by atoms with Crippen molar-refractivity contribution < 1.29 is 9.67 Å². The number of rotatable bonds is 3. The maximum atomic E-state index is 10.8. The smallest absolute Gasteiger partial charge is 0.388 e. The van der Waals surface area contributed by atoms with Gasteiger partial charge in [-0.05, 0) is 25.3 Å². The standard InChI is InChI=1S/C5H11NO3P/c1-4(7)5(2,3)10(9)6-8/h4,7H,1-3H3/q+1. The topological polar surface area (TPSA) is 66.7 Å². The molecule has 10 heavy (non-hydrogen) atoms. The lowest BCUT2D eigenvalue weighted by molar-refractivity contribution is 0.157. The van der Waals surface area contributed by atoms with E-state index in [1.54, 1.807) is 0 Å². The quantitative estimate of drug-likeness (QED) is 0.509. The molecule has 4 nitrogen and oxygen atoms in total. The first-order valence-electron chi connectivity index (χ1n) is 2.91. The molecule has 0 aromatic rings. The Morgan fingerprint density at radius 3 is 2.10 bits per heavy atom. The summed E-state index contributed by atoms with van der Waals surface area (Å²) in [5.41, 5.74) is 0. The van der Waals surface area contributed by atoms with Crippen molar-refractivity contribution in [3.63, 3.8) is 0 Å². The van der Waals surface area contributed by atoms with E-state index in [-0.39, 0.29) is 0 Å². The third kappa shape index (κ3) is 1.82. The summed E-state index contributed by atoms with van der Waals surface area (Å²) in [7, 11) is -2.19. The molecule has 5 heteroatoms. The maximum Gasteiger partial charge on any atom is 0.534 e. The zero-order valence-corrected chi connectivity index (χ0v) is 7.13. The average Bonchev–Trinajstić information content (AvgIpc) is 1.86. The minimum Gasteiger partial charge on any atom is -0.388 e. The van der Waals surface area contributed by atoms with Crippen LogP contribution in [0.3, 0.4) is 0 Å². The minimum atomic E-state index is -2.19. The van der Waals surface area contributed by atoms with Gasteiger partial charge in [-0.25, -0.2) is 0 Å². The fraction of sp³-hybridized carbons (Fsp3) is 1.00. The normalized spacial score (nSPS) is 16.2. The Hall–Kier alpha value is -0.340. The molecule has 0 aliphatic carbocycles. The number of nitrogens with zero attached hydrogens (tertiary/aromatic N) is 1. The molecule has 0 spiro atoms. The highest BCUT2D eigenvalue weighted by atomic mass is 31.1. The largest absolute Gasteiger partial charge is 0.534 e. The van der Waals surface area contributed by atoms with Crippen molar-refractivity contribution in [2.45, 2.75) is 32.0 Å². The molecule has 1 N–H and O–H groups in total. The van der Waals surface area contributed by atoms with Gasteiger partial charge < -0.3 is 5.11 Å². The van der Waals surface area contributed by atoms with Gasteiger partial charge in [-0.3, -0.25) is 0 Å². The van der Waals surface area contributed by atoms with Gasteiger partial charge in [-0.1, -0.05) is 4.91 Å². The van der Waals surface area contributed by atoms with Crippen LogP contribution in [-0.4, -0.2) is 16.4 Å². The van der Waals surface area contributed by atoms with Crippen LogP contribution in [-0.2, 0) is 4.57 Å². The van der Waals surface area contributed by atoms with Gasteiger partial charge in [0, 0.05) is 0 Å². The zero-order chi connectivity index (χ0) is 8.36.